The van der Waals surface area contributed by atoms with E-state index in [1.807, 2.05) is 0 Å². The summed E-state index contributed by atoms with van der Waals surface area (Å²) in [6.07, 6.45) is 9.35. The monoisotopic (exact) mass is 516 g/mol. The molecule has 0 atom stereocenters. The van der Waals surface area contributed by atoms with Gasteiger partial charge in [-0.2, -0.15) is 39.5 Å². The number of halogens is 9. The van der Waals surface area contributed by atoms with Gasteiger partial charge in [0.1, 0.15) is 0 Å². The molecule has 0 aliphatic carbocycles. The minimum absolute atomic E-state index is 0.00130. The first-order chi connectivity index (χ1) is 15.7. The number of unbranched alkanes of at least 4 members (excludes halogenated alkanes) is 15. The van der Waals surface area contributed by atoms with E-state index >= 15 is 0 Å². The van der Waals surface area contributed by atoms with Gasteiger partial charge in [0, 0.05) is 0 Å². The standard InChI is InChI=1S/C23H37F9O2/c1-2-3-4-5-6-7-8-9-10-11-12-13-14-15-16-17-18-34-19(33)20(24,25)21(26,27)22(28,29)23(30,31)32/h2-18H2,1H3. The summed E-state index contributed by atoms with van der Waals surface area (Å²) in [4.78, 5) is 11.1. The zero-order valence-corrected chi connectivity index (χ0v) is 19.7. The van der Waals surface area contributed by atoms with Crippen LogP contribution in [0.1, 0.15) is 110 Å². The summed E-state index contributed by atoms with van der Waals surface area (Å²) in [6.45, 7) is 1.41. The van der Waals surface area contributed by atoms with E-state index in [2.05, 4.69) is 11.7 Å². The molecule has 0 heterocycles. The van der Waals surface area contributed by atoms with E-state index in [1.165, 1.54) is 51.4 Å². The van der Waals surface area contributed by atoms with Crippen molar-refractivity contribution in [2.45, 2.75) is 134 Å². The summed E-state index contributed by atoms with van der Waals surface area (Å²) in [7, 11) is 0. The molecule has 0 fully saturated rings. The molecule has 0 radical (unpaired) electrons. The van der Waals surface area contributed by atoms with Crippen LogP contribution in [0, 0.1) is 0 Å². The molecule has 0 bridgehead atoms. The van der Waals surface area contributed by atoms with E-state index < -0.39 is 36.5 Å². The minimum Gasteiger partial charge on any atom is -0.461 e. The molecular weight excluding hydrogens is 479 g/mol. The molecule has 2 nitrogen and oxygen atoms in total. The largest absolute Gasteiger partial charge is 0.461 e. The summed E-state index contributed by atoms with van der Waals surface area (Å²) in [5, 5.41) is 0. The van der Waals surface area contributed by atoms with Crippen molar-refractivity contribution < 1.29 is 49.0 Å². The highest BCUT2D eigenvalue weighted by molar-refractivity contribution is 5.79. The van der Waals surface area contributed by atoms with Crippen LogP contribution in [0.25, 0.3) is 0 Å². The van der Waals surface area contributed by atoms with Crippen LogP contribution in [0.4, 0.5) is 39.5 Å². The van der Waals surface area contributed by atoms with Crippen LogP contribution in [0.5, 0.6) is 0 Å². The van der Waals surface area contributed by atoms with Gasteiger partial charge in [-0.25, -0.2) is 4.79 Å². The normalized spacial score (nSPS) is 13.4. The molecule has 0 unspecified atom stereocenters. The summed E-state index contributed by atoms with van der Waals surface area (Å²) >= 11 is 0. The molecule has 11 heteroatoms. The van der Waals surface area contributed by atoms with Crippen LogP contribution in [-0.2, 0) is 9.53 Å². The number of carbonyl (C=O) groups excluding carboxylic acids is 1. The van der Waals surface area contributed by atoms with Crippen molar-refractivity contribution in [2.24, 2.45) is 0 Å². The van der Waals surface area contributed by atoms with Gasteiger partial charge < -0.3 is 4.74 Å². The summed E-state index contributed by atoms with van der Waals surface area (Å²) in [5.41, 5.74) is 0. The average molecular weight is 517 g/mol. The van der Waals surface area contributed by atoms with Crippen molar-refractivity contribution in [3.63, 3.8) is 0 Å². The Balaban J connectivity index is 3.86. The number of rotatable bonds is 20. The lowest BCUT2D eigenvalue weighted by atomic mass is 10.0. The van der Waals surface area contributed by atoms with Crippen LogP contribution in [-0.4, -0.2) is 36.5 Å². The Morgan fingerprint density at radius 1 is 0.529 bits per heavy atom. The molecule has 0 N–H and O–H groups in total. The van der Waals surface area contributed by atoms with Gasteiger partial charge in [-0.15, -0.1) is 0 Å². The van der Waals surface area contributed by atoms with E-state index in [0.717, 1.165) is 32.1 Å². The number of ether oxygens (including phenoxy) is 1. The third kappa shape index (κ3) is 10.6. The smallest absolute Gasteiger partial charge is 0.460 e. The highest BCUT2D eigenvalue weighted by Crippen LogP contribution is 2.53. The second kappa shape index (κ2) is 15.8. The van der Waals surface area contributed by atoms with Crippen molar-refractivity contribution in [3.8, 4) is 0 Å². The first kappa shape index (κ1) is 32.8. The van der Waals surface area contributed by atoms with Crippen LogP contribution < -0.4 is 0 Å². The number of alkyl halides is 9. The fourth-order valence-electron chi connectivity index (χ4n) is 3.41. The van der Waals surface area contributed by atoms with Crippen LogP contribution in [0.3, 0.4) is 0 Å². The van der Waals surface area contributed by atoms with Crippen LogP contribution in [0.15, 0.2) is 0 Å². The number of hydrogen-bond acceptors (Lipinski definition) is 2. The first-order valence-electron chi connectivity index (χ1n) is 12.1. The van der Waals surface area contributed by atoms with Crippen molar-refractivity contribution >= 4 is 5.97 Å². The molecule has 0 aliphatic heterocycles. The second-order valence-electron chi connectivity index (χ2n) is 8.66. The minimum atomic E-state index is -7.10. The number of esters is 1. The maximum Gasteiger partial charge on any atom is 0.460 e. The van der Waals surface area contributed by atoms with Crippen LogP contribution in [0.2, 0.25) is 0 Å². The average Bonchev–Trinajstić information content (AvgIpc) is 2.74. The fraction of sp³-hybridized carbons (Fsp3) is 0.957. The first-order valence-corrected chi connectivity index (χ1v) is 12.1. The molecule has 0 rings (SSSR count). The lowest BCUT2D eigenvalue weighted by Crippen LogP contribution is -2.63. The van der Waals surface area contributed by atoms with Gasteiger partial charge in [-0.3, -0.25) is 0 Å². The zero-order valence-electron chi connectivity index (χ0n) is 19.7. The topological polar surface area (TPSA) is 26.3 Å². The second-order valence-corrected chi connectivity index (χ2v) is 8.66. The lowest BCUT2D eigenvalue weighted by molar-refractivity contribution is -0.390. The van der Waals surface area contributed by atoms with E-state index in [0.29, 0.717) is 12.8 Å². The van der Waals surface area contributed by atoms with E-state index in [9.17, 15) is 44.3 Å². The Labute approximate surface area is 196 Å². The van der Waals surface area contributed by atoms with E-state index in [-0.39, 0.29) is 6.42 Å². The van der Waals surface area contributed by atoms with Gasteiger partial charge in [0.15, 0.2) is 0 Å². The SMILES string of the molecule is CCCCCCCCCCCCCCCCCCOC(=O)C(F)(F)C(F)(F)C(F)(F)C(F)(F)F. The Morgan fingerprint density at radius 2 is 0.853 bits per heavy atom. The molecule has 0 aliphatic rings. The number of hydrogen-bond donors (Lipinski definition) is 0. The Hall–Kier alpha value is -1.16. The highest BCUT2D eigenvalue weighted by Gasteiger charge is 2.84. The molecule has 0 aromatic rings. The van der Waals surface area contributed by atoms with Crippen molar-refractivity contribution in [3.05, 3.63) is 0 Å². The summed E-state index contributed by atoms with van der Waals surface area (Å²) < 4.78 is 118. The molecule has 204 valence electrons. The maximum absolute atomic E-state index is 13.3. The van der Waals surface area contributed by atoms with E-state index in [1.54, 1.807) is 0 Å². The molecular formula is C23H37F9O2. The predicted molar refractivity (Wildman–Crippen MR) is 111 cm³/mol. The fourth-order valence-corrected chi connectivity index (χ4v) is 3.41. The van der Waals surface area contributed by atoms with Crippen molar-refractivity contribution in [1.82, 2.24) is 0 Å². The molecule has 0 aromatic carbocycles. The van der Waals surface area contributed by atoms with Gasteiger partial charge >= 0.3 is 29.9 Å². The molecule has 0 spiro atoms. The van der Waals surface area contributed by atoms with Gasteiger partial charge in [0.25, 0.3) is 0 Å². The maximum atomic E-state index is 13.3. The Morgan fingerprint density at radius 3 is 1.18 bits per heavy atom. The van der Waals surface area contributed by atoms with Gasteiger partial charge in [0.05, 0.1) is 6.61 Å². The summed E-state index contributed by atoms with van der Waals surface area (Å²) in [5.74, 6) is -23.5. The van der Waals surface area contributed by atoms with Gasteiger partial charge in [0.2, 0.25) is 0 Å². The molecule has 0 amide bonds. The van der Waals surface area contributed by atoms with E-state index in [4.69, 9.17) is 0 Å². The summed E-state index contributed by atoms with van der Waals surface area (Å²) in [6, 6.07) is 0. The van der Waals surface area contributed by atoms with Crippen LogP contribution >= 0.6 is 0 Å². The van der Waals surface area contributed by atoms with Crippen molar-refractivity contribution in [1.29, 1.82) is 0 Å². The molecule has 0 saturated carbocycles. The molecule has 0 saturated heterocycles. The third-order valence-electron chi connectivity index (χ3n) is 5.63. The van der Waals surface area contributed by atoms with Gasteiger partial charge in [-0.1, -0.05) is 103 Å². The van der Waals surface area contributed by atoms with Crippen molar-refractivity contribution in [2.75, 3.05) is 6.61 Å². The Kier molecular flexibility index (Phi) is 15.2. The number of carbonyl (C=O) groups is 1. The molecule has 34 heavy (non-hydrogen) atoms. The lowest BCUT2D eigenvalue weighted by Gasteiger charge is -2.32. The highest BCUT2D eigenvalue weighted by atomic mass is 19.4. The third-order valence-corrected chi connectivity index (χ3v) is 5.63. The van der Waals surface area contributed by atoms with Gasteiger partial charge in [-0.05, 0) is 6.42 Å². The predicted octanol–water partition coefficient (Wildman–Crippen LogP) is 9.26. The molecule has 0 aromatic heterocycles. The Bertz CT molecular complexity index is 549. The zero-order chi connectivity index (χ0) is 26.3. The quantitative estimate of drug-likeness (QED) is 0.0916.